The van der Waals surface area contributed by atoms with Crippen LogP contribution in [-0.2, 0) is 24.3 Å². The van der Waals surface area contributed by atoms with Gasteiger partial charge in [-0.1, -0.05) is 48.5 Å². The van der Waals surface area contributed by atoms with Crippen LogP contribution in [0.3, 0.4) is 0 Å². The number of nitrogens with zero attached hydrogens (tertiary/aromatic N) is 3. The molecule has 0 radical (unpaired) electrons. The monoisotopic (exact) mass is 622 g/mol. The van der Waals surface area contributed by atoms with Crippen molar-refractivity contribution in [3.05, 3.63) is 119 Å². The predicted octanol–water partition coefficient (Wildman–Crippen LogP) is 4.46. The Morgan fingerprint density at radius 3 is 2.60 bits per heavy atom. The van der Waals surface area contributed by atoms with Crippen LogP contribution in [0.15, 0.2) is 91.0 Å². The van der Waals surface area contributed by atoms with E-state index in [0.29, 0.717) is 31.0 Å². The first-order valence-electron chi connectivity index (χ1n) is 14.7. The van der Waals surface area contributed by atoms with E-state index in [0.717, 1.165) is 33.7 Å². The van der Waals surface area contributed by atoms with Crippen LogP contribution >= 0.6 is 11.3 Å². The molecule has 1 aliphatic heterocycles. The number of carbonyl (C=O) groups excluding carboxylic acids is 2. The first kappa shape index (κ1) is 30.0. The van der Waals surface area contributed by atoms with E-state index in [9.17, 15) is 14.7 Å². The van der Waals surface area contributed by atoms with Crippen LogP contribution in [0, 0.1) is 0 Å². The van der Waals surface area contributed by atoms with Gasteiger partial charge in [-0.3, -0.25) is 14.6 Å². The number of rotatable bonds is 11. The van der Waals surface area contributed by atoms with Gasteiger partial charge in [0, 0.05) is 57.0 Å². The molecule has 0 spiro atoms. The van der Waals surface area contributed by atoms with Crippen molar-refractivity contribution in [3.8, 4) is 21.9 Å². The number of imidazole rings is 1. The number of hydrogen-bond donors (Lipinski definition) is 4. The Morgan fingerprint density at radius 2 is 1.84 bits per heavy atom. The maximum absolute atomic E-state index is 13.5. The van der Waals surface area contributed by atoms with Gasteiger partial charge in [-0.25, -0.2) is 4.98 Å². The summed E-state index contributed by atoms with van der Waals surface area (Å²) in [5.41, 5.74) is 7.30. The lowest BCUT2D eigenvalue weighted by atomic mass is 9.96. The number of ether oxygens (including phenoxy) is 1. The molecule has 0 fully saturated rings. The number of hydrogen-bond acceptors (Lipinski definition) is 8. The number of para-hydroxylation sites is 1. The van der Waals surface area contributed by atoms with Gasteiger partial charge in [0.2, 0.25) is 5.91 Å². The van der Waals surface area contributed by atoms with Gasteiger partial charge < -0.3 is 30.4 Å². The molecule has 2 aromatic heterocycles. The lowest BCUT2D eigenvalue weighted by Crippen LogP contribution is -2.47. The van der Waals surface area contributed by atoms with Crippen molar-refractivity contribution in [3.63, 3.8) is 0 Å². The number of fused-ring (bicyclic) bond motifs is 1. The second-order valence-electron chi connectivity index (χ2n) is 10.9. The van der Waals surface area contributed by atoms with Gasteiger partial charge in [0.15, 0.2) is 0 Å². The van der Waals surface area contributed by atoms with Crippen molar-refractivity contribution >= 4 is 23.2 Å². The maximum Gasteiger partial charge on any atom is 0.255 e. The van der Waals surface area contributed by atoms with E-state index in [2.05, 4.69) is 54.8 Å². The number of likely N-dealkylation sites (N-methyl/N-ethyl adjacent to an activating group) is 1. The zero-order chi connectivity index (χ0) is 31.2. The first-order valence-corrected chi connectivity index (χ1v) is 15.6. The highest BCUT2D eigenvalue weighted by atomic mass is 32.1. The molecule has 0 saturated heterocycles. The molecule has 0 saturated carbocycles. The summed E-state index contributed by atoms with van der Waals surface area (Å²) in [4.78, 5) is 35.9. The number of phenolic OH excluding ortho intramolecular Hbond substituents is 1. The molecule has 3 heterocycles. The van der Waals surface area contributed by atoms with Gasteiger partial charge in [-0.2, -0.15) is 0 Å². The molecule has 230 valence electrons. The zero-order valence-corrected chi connectivity index (χ0v) is 25.6. The molecule has 0 bridgehead atoms. The Morgan fingerprint density at radius 1 is 1.04 bits per heavy atom. The molecule has 0 aliphatic carbocycles. The molecule has 6 rings (SSSR count). The maximum atomic E-state index is 13.5. The average Bonchev–Trinajstić information content (AvgIpc) is 3.77. The summed E-state index contributed by atoms with van der Waals surface area (Å²) < 4.78 is 8.16. The smallest absolute Gasteiger partial charge is 0.255 e. The number of aromatic nitrogens is 3. The Kier molecular flexibility index (Phi) is 9.18. The number of aromatic hydroxyl groups is 1. The van der Waals surface area contributed by atoms with E-state index in [-0.39, 0.29) is 30.0 Å². The normalized spacial score (nSPS) is 14.6. The molecule has 2 amide bonds. The number of carbonyl (C=O) groups is 2. The van der Waals surface area contributed by atoms with E-state index in [1.54, 1.807) is 41.7 Å². The van der Waals surface area contributed by atoms with Crippen LogP contribution in [-0.4, -0.2) is 51.2 Å². The minimum absolute atomic E-state index is 0.0322. The minimum Gasteiger partial charge on any atom is -0.508 e. The summed E-state index contributed by atoms with van der Waals surface area (Å²) in [6.45, 7) is 1.74. The first-order chi connectivity index (χ1) is 22.0. The van der Waals surface area contributed by atoms with E-state index in [4.69, 9.17) is 4.74 Å². The predicted molar refractivity (Wildman–Crippen MR) is 172 cm³/mol. The number of phenols is 1. The average molecular weight is 623 g/mol. The number of benzene rings is 3. The standard InChI is InChI=1S/C34H34N6O4S/c1-35-34(43)30(15-22-7-11-26(41)12-8-22)39-33(42)28-4-2-3-27-29(13-14-44-32(27)28)38-17-25-16-36-20-40(25)19-23-5-9-24(10-6-23)31-18-37-21-45-31/h2-12,16,18,20-21,29-30,38,41H,13-15,17,19H2,1H3,(H,35,43)(H,39,42)/t29?,30-/m0/s1. The highest BCUT2D eigenvalue weighted by molar-refractivity contribution is 7.13. The van der Waals surface area contributed by atoms with Gasteiger partial charge in [0.1, 0.15) is 17.5 Å². The Bertz CT molecular complexity index is 1750. The Hall–Kier alpha value is -5.00. The molecule has 1 unspecified atom stereocenters. The summed E-state index contributed by atoms with van der Waals surface area (Å²) in [6.07, 6.45) is 6.61. The highest BCUT2D eigenvalue weighted by Gasteiger charge is 2.28. The molecule has 11 heteroatoms. The van der Waals surface area contributed by atoms with E-state index in [1.807, 2.05) is 36.4 Å². The molecule has 45 heavy (non-hydrogen) atoms. The van der Waals surface area contributed by atoms with Gasteiger partial charge in [0.05, 0.1) is 34.6 Å². The quantitative estimate of drug-likeness (QED) is 0.171. The lowest BCUT2D eigenvalue weighted by molar-refractivity contribution is -0.122. The lowest BCUT2D eigenvalue weighted by Gasteiger charge is -2.28. The van der Waals surface area contributed by atoms with Crippen molar-refractivity contribution < 1.29 is 19.4 Å². The third-order valence-electron chi connectivity index (χ3n) is 7.91. The van der Waals surface area contributed by atoms with E-state index >= 15 is 0 Å². The van der Waals surface area contributed by atoms with Gasteiger partial charge in [-0.05, 0) is 34.9 Å². The molecule has 3 aromatic carbocycles. The number of thiazole rings is 1. The van der Waals surface area contributed by atoms with E-state index < -0.39 is 6.04 Å². The van der Waals surface area contributed by atoms with Crippen LogP contribution < -0.4 is 20.7 Å². The Balaban J connectivity index is 1.12. The van der Waals surface area contributed by atoms with Gasteiger partial charge in [-0.15, -0.1) is 11.3 Å². The molecule has 4 N–H and O–H groups in total. The highest BCUT2D eigenvalue weighted by Crippen LogP contribution is 2.35. The van der Waals surface area contributed by atoms with Gasteiger partial charge in [0.25, 0.3) is 5.91 Å². The fourth-order valence-electron chi connectivity index (χ4n) is 5.50. The summed E-state index contributed by atoms with van der Waals surface area (Å²) in [7, 11) is 1.54. The topological polar surface area (TPSA) is 130 Å². The van der Waals surface area contributed by atoms with Crippen LogP contribution in [0.25, 0.3) is 10.4 Å². The molecular weight excluding hydrogens is 588 g/mol. The van der Waals surface area contributed by atoms with E-state index in [1.165, 1.54) is 12.6 Å². The molecule has 2 atom stereocenters. The summed E-state index contributed by atoms with van der Waals surface area (Å²) in [5.74, 6) is -0.0419. The minimum atomic E-state index is -0.801. The van der Waals surface area contributed by atoms with Crippen LogP contribution in [0.2, 0.25) is 0 Å². The molecule has 10 nitrogen and oxygen atoms in total. The summed E-state index contributed by atoms with van der Waals surface area (Å²) >= 11 is 1.62. The number of nitrogens with one attached hydrogen (secondary N) is 3. The van der Waals surface area contributed by atoms with Gasteiger partial charge >= 0.3 is 0 Å². The molecular formula is C34H34N6O4S. The van der Waals surface area contributed by atoms with Crippen LogP contribution in [0.5, 0.6) is 11.5 Å². The zero-order valence-electron chi connectivity index (χ0n) is 24.8. The number of amides is 2. The van der Waals surface area contributed by atoms with Crippen molar-refractivity contribution in [1.29, 1.82) is 0 Å². The van der Waals surface area contributed by atoms with Crippen molar-refractivity contribution in [2.45, 2.75) is 38.0 Å². The summed E-state index contributed by atoms with van der Waals surface area (Å²) in [6, 6.07) is 19.8. The SMILES string of the molecule is CNC(=O)[C@H](Cc1ccc(O)cc1)NC(=O)c1cccc2c1OCCC2NCc1cncn1Cc1ccc(-c2cncs2)cc1. The largest absolute Gasteiger partial charge is 0.508 e. The second kappa shape index (κ2) is 13.7. The third kappa shape index (κ3) is 7.05. The van der Waals surface area contributed by atoms with Crippen molar-refractivity contribution in [1.82, 2.24) is 30.5 Å². The second-order valence-corrected chi connectivity index (χ2v) is 11.8. The molecule has 5 aromatic rings. The van der Waals surface area contributed by atoms with Crippen LogP contribution in [0.1, 0.15) is 45.2 Å². The fourth-order valence-corrected chi connectivity index (χ4v) is 6.13. The van der Waals surface area contributed by atoms with Crippen molar-refractivity contribution in [2.75, 3.05) is 13.7 Å². The molecule has 1 aliphatic rings. The fraction of sp³-hybridized carbons (Fsp3) is 0.235. The Labute approximate surface area is 265 Å². The third-order valence-corrected chi connectivity index (χ3v) is 8.74. The summed E-state index contributed by atoms with van der Waals surface area (Å²) in [5, 5.41) is 18.8. The van der Waals surface area contributed by atoms with Crippen molar-refractivity contribution in [2.24, 2.45) is 0 Å². The van der Waals surface area contributed by atoms with Crippen LogP contribution in [0.4, 0.5) is 0 Å².